The van der Waals surface area contributed by atoms with Crippen molar-refractivity contribution in [3.05, 3.63) is 69.4 Å². The van der Waals surface area contributed by atoms with Crippen molar-refractivity contribution in [2.75, 3.05) is 20.1 Å². The highest BCUT2D eigenvalue weighted by atomic mass is 79.9. The first-order chi connectivity index (χ1) is 17.0. The first kappa shape index (κ1) is 26.6. The van der Waals surface area contributed by atoms with Crippen LogP contribution in [-0.4, -0.2) is 48.9 Å². The molecule has 4 rings (SSSR count). The third kappa shape index (κ3) is 5.75. The largest absolute Gasteiger partial charge is 0.416 e. The molecule has 2 aliphatic rings. The fourth-order valence-electron chi connectivity index (χ4n) is 4.78. The monoisotopic (exact) mass is 569 g/mol. The molecule has 2 N–H and O–H groups in total. The van der Waals surface area contributed by atoms with E-state index in [-0.39, 0.29) is 17.9 Å². The van der Waals surface area contributed by atoms with Gasteiger partial charge in [-0.2, -0.15) is 13.2 Å². The zero-order valence-corrected chi connectivity index (χ0v) is 21.4. The molecule has 1 saturated carbocycles. The predicted octanol–water partition coefficient (Wildman–Crippen LogP) is 4.58. The van der Waals surface area contributed by atoms with Gasteiger partial charge >= 0.3 is 6.18 Å². The molecule has 2 amide bonds. The van der Waals surface area contributed by atoms with Gasteiger partial charge < -0.3 is 15.5 Å². The van der Waals surface area contributed by atoms with Crippen molar-refractivity contribution in [2.45, 2.75) is 55.8 Å². The van der Waals surface area contributed by atoms with Gasteiger partial charge in [0.05, 0.1) is 11.0 Å². The Labute approximate surface area is 215 Å². The third-order valence-electron chi connectivity index (χ3n) is 7.17. The number of likely N-dealkylation sites (tertiary alicyclic amines) is 1. The van der Waals surface area contributed by atoms with E-state index >= 15 is 0 Å². The highest BCUT2D eigenvalue weighted by Gasteiger charge is 2.54. The number of piperidine rings is 1. The first-order valence-corrected chi connectivity index (χ1v) is 12.7. The molecule has 2 aromatic carbocycles. The van der Waals surface area contributed by atoms with E-state index < -0.39 is 34.9 Å². The lowest BCUT2D eigenvalue weighted by atomic mass is 9.92. The summed E-state index contributed by atoms with van der Waals surface area (Å²) in [4.78, 5) is 28.6. The van der Waals surface area contributed by atoms with E-state index in [1.54, 1.807) is 4.90 Å². The second kappa shape index (κ2) is 10.5. The van der Waals surface area contributed by atoms with Gasteiger partial charge in [-0.25, -0.2) is 4.39 Å². The minimum Gasteiger partial charge on any atom is -0.343 e. The van der Waals surface area contributed by atoms with Crippen molar-refractivity contribution in [3.63, 3.8) is 0 Å². The minimum atomic E-state index is -4.68. The van der Waals surface area contributed by atoms with Gasteiger partial charge in [-0.3, -0.25) is 9.59 Å². The number of benzene rings is 2. The van der Waals surface area contributed by atoms with Gasteiger partial charge in [-0.1, -0.05) is 34.1 Å². The summed E-state index contributed by atoms with van der Waals surface area (Å²) in [6.45, 7) is 1.10. The van der Waals surface area contributed by atoms with Crippen molar-refractivity contribution in [1.82, 2.24) is 15.5 Å². The van der Waals surface area contributed by atoms with Crippen LogP contribution in [0, 0.1) is 5.82 Å². The zero-order chi connectivity index (χ0) is 26.1. The first-order valence-electron chi connectivity index (χ1n) is 11.9. The van der Waals surface area contributed by atoms with Crippen LogP contribution >= 0.6 is 15.9 Å². The van der Waals surface area contributed by atoms with Crippen LogP contribution in [0.5, 0.6) is 0 Å². The maximum Gasteiger partial charge on any atom is 0.416 e. The van der Waals surface area contributed by atoms with Crippen LogP contribution in [0.3, 0.4) is 0 Å². The molecule has 194 valence electrons. The van der Waals surface area contributed by atoms with E-state index in [0.29, 0.717) is 38.0 Å². The van der Waals surface area contributed by atoms with E-state index in [0.717, 1.165) is 35.0 Å². The van der Waals surface area contributed by atoms with E-state index in [9.17, 15) is 27.2 Å². The molecule has 2 fully saturated rings. The molecule has 0 aromatic heterocycles. The summed E-state index contributed by atoms with van der Waals surface area (Å²) >= 11 is 3.38. The molecule has 10 heteroatoms. The predicted molar refractivity (Wildman–Crippen MR) is 131 cm³/mol. The molecule has 5 nitrogen and oxygen atoms in total. The standard InChI is InChI=1S/C26H28BrF4N3O2/c1-32-19-8-12-34(13-9-19)23(35)22(14-16-2-5-18(27)6-3-16)33-24(36)25(10-11-25)20-7-4-17(15-21(20)28)26(29,30)31/h2-7,15,19,22,32H,8-14H2,1H3,(H,33,36). The van der Waals surface area contributed by atoms with Crippen molar-refractivity contribution in [1.29, 1.82) is 0 Å². The summed E-state index contributed by atoms with van der Waals surface area (Å²) in [5, 5.41) is 6.05. The van der Waals surface area contributed by atoms with Gasteiger partial charge in [0.25, 0.3) is 0 Å². The van der Waals surface area contributed by atoms with Crippen LogP contribution in [-0.2, 0) is 27.6 Å². The SMILES string of the molecule is CNC1CCN(C(=O)C(Cc2ccc(Br)cc2)NC(=O)C2(c3ccc(C(F)(F)F)cc3F)CC2)CC1. The number of nitrogens with one attached hydrogen (secondary N) is 2. The molecule has 1 heterocycles. The topological polar surface area (TPSA) is 61.4 Å². The second-order valence-electron chi connectivity index (χ2n) is 9.52. The van der Waals surface area contributed by atoms with Crippen LogP contribution in [0.4, 0.5) is 17.6 Å². The number of halogens is 5. The van der Waals surface area contributed by atoms with Gasteiger partial charge in [0.15, 0.2) is 0 Å². The number of hydrogen-bond donors (Lipinski definition) is 2. The molecule has 0 spiro atoms. The molecular weight excluding hydrogens is 542 g/mol. The maximum absolute atomic E-state index is 14.8. The van der Waals surface area contributed by atoms with E-state index in [2.05, 4.69) is 26.6 Å². The molecule has 1 saturated heterocycles. The Morgan fingerprint density at radius 1 is 1.11 bits per heavy atom. The van der Waals surface area contributed by atoms with Crippen molar-refractivity contribution in [3.8, 4) is 0 Å². The van der Waals surface area contributed by atoms with Crippen LogP contribution in [0.2, 0.25) is 0 Å². The van der Waals surface area contributed by atoms with Crippen molar-refractivity contribution >= 4 is 27.7 Å². The Kier molecular flexibility index (Phi) is 7.75. The van der Waals surface area contributed by atoms with Gasteiger partial charge in [0.1, 0.15) is 11.9 Å². The van der Waals surface area contributed by atoms with Gasteiger partial charge in [-0.15, -0.1) is 0 Å². The molecule has 1 aliphatic heterocycles. The molecule has 1 aliphatic carbocycles. The summed E-state index contributed by atoms with van der Waals surface area (Å²) in [5.74, 6) is -1.83. The number of rotatable bonds is 7. The number of hydrogen-bond acceptors (Lipinski definition) is 3. The molecular formula is C26H28BrF4N3O2. The number of nitrogens with zero attached hydrogens (tertiary/aromatic N) is 1. The molecule has 2 aromatic rings. The molecule has 1 atom stereocenters. The van der Waals surface area contributed by atoms with Crippen LogP contribution in [0.15, 0.2) is 46.9 Å². The van der Waals surface area contributed by atoms with E-state index in [1.807, 2.05) is 31.3 Å². The molecule has 36 heavy (non-hydrogen) atoms. The van der Waals surface area contributed by atoms with E-state index in [1.165, 1.54) is 0 Å². The zero-order valence-electron chi connectivity index (χ0n) is 19.8. The van der Waals surface area contributed by atoms with Crippen molar-refractivity contribution in [2.24, 2.45) is 0 Å². The summed E-state index contributed by atoms with van der Waals surface area (Å²) in [6.07, 6.45) is -2.25. The Morgan fingerprint density at radius 2 is 1.75 bits per heavy atom. The maximum atomic E-state index is 14.8. The average Bonchev–Trinajstić information content (AvgIpc) is 3.66. The lowest BCUT2D eigenvalue weighted by Crippen LogP contribution is -2.54. The Bertz CT molecular complexity index is 1110. The fourth-order valence-corrected chi connectivity index (χ4v) is 5.05. The fraction of sp³-hybridized carbons (Fsp3) is 0.462. The summed E-state index contributed by atoms with van der Waals surface area (Å²) in [5.41, 5.74) is -1.61. The number of alkyl halides is 3. The Morgan fingerprint density at radius 3 is 2.28 bits per heavy atom. The second-order valence-corrected chi connectivity index (χ2v) is 10.4. The van der Waals surface area contributed by atoms with Gasteiger partial charge in [0, 0.05) is 35.6 Å². The minimum absolute atomic E-state index is 0.0716. The molecule has 0 radical (unpaired) electrons. The van der Waals surface area contributed by atoms with Gasteiger partial charge in [-0.05, 0) is 62.6 Å². The highest BCUT2D eigenvalue weighted by molar-refractivity contribution is 9.10. The number of amides is 2. The number of carbonyl (C=O) groups excluding carboxylic acids is 2. The average molecular weight is 570 g/mol. The number of carbonyl (C=O) groups is 2. The molecule has 1 unspecified atom stereocenters. The lowest BCUT2D eigenvalue weighted by molar-refractivity contribution is -0.138. The summed E-state index contributed by atoms with van der Waals surface area (Å²) in [6, 6.07) is 9.11. The van der Waals surface area contributed by atoms with E-state index in [4.69, 9.17) is 0 Å². The van der Waals surface area contributed by atoms with Gasteiger partial charge in [0.2, 0.25) is 11.8 Å². The normalized spacial score (nSPS) is 18.6. The summed E-state index contributed by atoms with van der Waals surface area (Å²) in [7, 11) is 1.88. The lowest BCUT2D eigenvalue weighted by Gasteiger charge is -2.34. The molecule has 0 bridgehead atoms. The van der Waals surface area contributed by atoms with Crippen LogP contribution in [0.25, 0.3) is 0 Å². The Hall–Kier alpha value is -2.46. The quantitative estimate of drug-likeness (QED) is 0.480. The Balaban J connectivity index is 1.55. The van der Waals surface area contributed by atoms with Crippen molar-refractivity contribution < 1.29 is 27.2 Å². The third-order valence-corrected chi connectivity index (χ3v) is 7.70. The van der Waals surface area contributed by atoms with Crippen LogP contribution < -0.4 is 10.6 Å². The smallest absolute Gasteiger partial charge is 0.343 e. The van der Waals surface area contributed by atoms with Crippen LogP contribution in [0.1, 0.15) is 42.4 Å². The highest BCUT2D eigenvalue weighted by Crippen LogP contribution is 2.50. The summed E-state index contributed by atoms with van der Waals surface area (Å²) < 4.78 is 54.6.